The molecule has 1 amide bonds. The van der Waals surface area contributed by atoms with Crippen molar-refractivity contribution in [3.05, 3.63) is 64.8 Å². The molecule has 3 rings (SSSR count). The van der Waals surface area contributed by atoms with Crippen molar-refractivity contribution in [3.63, 3.8) is 0 Å². The lowest BCUT2D eigenvalue weighted by atomic mass is 10.2. The third-order valence-corrected chi connectivity index (χ3v) is 5.31. The molecule has 0 unspecified atom stereocenters. The highest BCUT2D eigenvalue weighted by Gasteiger charge is 2.24. The maximum absolute atomic E-state index is 12.6. The summed E-state index contributed by atoms with van der Waals surface area (Å²) in [4.78, 5) is 14.3. The van der Waals surface area contributed by atoms with Crippen molar-refractivity contribution in [3.8, 4) is 23.1 Å². The van der Waals surface area contributed by atoms with Crippen molar-refractivity contribution in [2.24, 2.45) is 0 Å². The zero-order valence-electron chi connectivity index (χ0n) is 18.8. The van der Waals surface area contributed by atoms with Crippen LogP contribution in [0.15, 0.2) is 48.5 Å². The van der Waals surface area contributed by atoms with Crippen LogP contribution in [-0.2, 0) is 16.1 Å². The van der Waals surface area contributed by atoms with Crippen LogP contribution in [0.1, 0.15) is 24.6 Å². The summed E-state index contributed by atoms with van der Waals surface area (Å²) < 4.78 is 18.7. The number of methoxy groups -OCH3 is 2. The van der Waals surface area contributed by atoms with Crippen LogP contribution in [0.4, 0.5) is 0 Å². The number of ether oxygens (including phenoxy) is 3. The van der Waals surface area contributed by atoms with Gasteiger partial charge in [0.25, 0.3) is 0 Å². The molecule has 0 aliphatic heterocycles. The topological polar surface area (TPSA) is 65.8 Å². The molecule has 170 valence electrons. The normalized spacial score (nSPS) is 10.8. The molecule has 1 aromatic heterocycles. The number of aromatic nitrogens is 2. The van der Waals surface area contributed by atoms with Gasteiger partial charge >= 0.3 is 0 Å². The van der Waals surface area contributed by atoms with Crippen molar-refractivity contribution < 1.29 is 19.0 Å². The summed E-state index contributed by atoms with van der Waals surface area (Å²) in [5.41, 5.74) is 2.36. The molecule has 0 aliphatic rings. The number of para-hydroxylation sites is 2. The molecule has 1 heterocycles. The maximum atomic E-state index is 12.6. The number of hydrogen-bond donors (Lipinski definition) is 0. The quantitative estimate of drug-likeness (QED) is 0.427. The lowest BCUT2D eigenvalue weighted by Gasteiger charge is -2.22. The number of halogens is 1. The van der Waals surface area contributed by atoms with E-state index < -0.39 is 0 Å². The summed E-state index contributed by atoms with van der Waals surface area (Å²) in [5, 5.41) is 5.35. The molecule has 2 aromatic carbocycles. The van der Waals surface area contributed by atoms with E-state index in [0.29, 0.717) is 48.5 Å². The molecule has 0 bridgehead atoms. The van der Waals surface area contributed by atoms with E-state index in [2.05, 4.69) is 0 Å². The summed E-state index contributed by atoms with van der Waals surface area (Å²) >= 11 is 6.08. The molecule has 3 aromatic rings. The molecular weight excluding hydrogens is 430 g/mol. The van der Waals surface area contributed by atoms with Crippen LogP contribution >= 0.6 is 11.6 Å². The van der Waals surface area contributed by atoms with E-state index in [-0.39, 0.29) is 5.91 Å². The van der Waals surface area contributed by atoms with Crippen molar-refractivity contribution in [1.29, 1.82) is 0 Å². The summed E-state index contributed by atoms with van der Waals surface area (Å²) in [6.45, 7) is 5.02. The second kappa shape index (κ2) is 11.0. The Labute approximate surface area is 193 Å². The predicted molar refractivity (Wildman–Crippen MR) is 124 cm³/mol. The highest BCUT2D eigenvalue weighted by Crippen LogP contribution is 2.36. The van der Waals surface area contributed by atoms with Gasteiger partial charge in [-0.3, -0.25) is 4.79 Å². The summed E-state index contributed by atoms with van der Waals surface area (Å²) in [7, 11) is 3.21. The first kappa shape index (κ1) is 23.6. The molecule has 8 heteroatoms. The fraction of sp³-hybridized carbons (Fsp3) is 0.333. The zero-order valence-corrected chi connectivity index (χ0v) is 19.6. The van der Waals surface area contributed by atoms with Gasteiger partial charge in [-0.2, -0.15) is 5.10 Å². The second-order valence-corrected chi connectivity index (χ2v) is 7.61. The van der Waals surface area contributed by atoms with Gasteiger partial charge in [0, 0.05) is 25.1 Å². The van der Waals surface area contributed by atoms with E-state index in [0.717, 1.165) is 16.9 Å². The molecule has 0 atom stereocenters. The smallest absolute Gasteiger partial charge is 0.228 e. The molecule has 0 fully saturated rings. The van der Waals surface area contributed by atoms with Crippen LogP contribution in [0, 0.1) is 6.92 Å². The molecular formula is C24H28ClN3O4. The molecule has 0 radical (unpaired) electrons. The fourth-order valence-electron chi connectivity index (χ4n) is 3.30. The minimum Gasteiger partial charge on any atom is -0.493 e. The van der Waals surface area contributed by atoms with Crippen LogP contribution in [0.25, 0.3) is 5.69 Å². The van der Waals surface area contributed by atoms with Gasteiger partial charge < -0.3 is 19.1 Å². The lowest BCUT2D eigenvalue weighted by Crippen LogP contribution is -2.33. The van der Waals surface area contributed by atoms with Crippen LogP contribution in [0.2, 0.25) is 5.02 Å². The first-order chi connectivity index (χ1) is 15.5. The molecule has 0 aliphatic carbocycles. The average molecular weight is 458 g/mol. The van der Waals surface area contributed by atoms with E-state index in [4.69, 9.17) is 30.9 Å². The Morgan fingerprint density at radius 1 is 1.09 bits per heavy atom. The first-order valence-corrected chi connectivity index (χ1v) is 10.8. The fourth-order valence-corrected chi connectivity index (χ4v) is 3.42. The minimum absolute atomic E-state index is 0.0314. The van der Waals surface area contributed by atoms with Gasteiger partial charge in [-0.15, -0.1) is 0 Å². The molecule has 7 nitrogen and oxygen atoms in total. The van der Waals surface area contributed by atoms with Crippen LogP contribution in [0.3, 0.4) is 0 Å². The summed E-state index contributed by atoms with van der Waals surface area (Å²) in [6, 6.07) is 14.7. The number of benzene rings is 2. The Bertz CT molecular complexity index is 1050. The Morgan fingerprint density at radius 2 is 1.78 bits per heavy atom. The van der Waals surface area contributed by atoms with Crippen molar-refractivity contribution in [2.75, 3.05) is 27.4 Å². The van der Waals surface area contributed by atoms with Crippen LogP contribution < -0.4 is 9.47 Å². The molecule has 32 heavy (non-hydrogen) atoms. The van der Waals surface area contributed by atoms with Gasteiger partial charge in [0.1, 0.15) is 0 Å². The van der Waals surface area contributed by atoms with Crippen molar-refractivity contribution >= 4 is 17.5 Å². The molecule has 0 N–H and O–H groups in total. The predicted octanol–water partition coefficient (Wildman–Crippen LogP) is 5.02. The number of rotatable bonds is 10. The van der Waals surface area contributed by atoms with E-state index in [1.54, 1.807) is 35.9 Å². The minimum atomic E-state index is 0.0314. The van der Waals surface area contributed by atoms with Crippen molar-refractivity contribution in [1.82, 2.24) is 14.7 Å². The number of amides is 1. The Balaban J connectivity index is 2.09. The highest BCUT2D eigenvalue weighted by atomic mass is 35.5. The highest BCUT2D eigenvalue weighted by molar-refractivity contribution is 6.30. The summed E-state index contributed by atoms with van der Waals surface area (Å²) in [6.07, 6.45) is 0.400. The molecule has 0 saturated heterocycles. The number of nitrogens with zero attached hydrogens (tertiary/aromatic N) is 3. The number of aryl methyl sites for hydroxylation is 1. The van der Waals surface area contributed by atoms with E-state index in [1.165, 1.54) is 0 Å². The van der Waals surface area contributed by atoms with Gasteiger partial charge in [0.2, 0.25) is 11.8 Å². The van der Waals surface area contributed by atoms with Crippen molar-refractivity contribution in [2.45, 2.75) is 26.8 Å². The Hall–Kier alpha value is -3.03. The van der Waals surface area contributed by atoms with Gasteiger partial charge in [0.15, 0.2) is 11.5 Å². The molecule has 0 saturated carbocycles. The van der Waals surface area contributed by atoms with E-state index in [9.17, 15) is 4.79 Å². The lowest BCUT2D eigenvalue weighted by molar-refractivity contribution is -0.132. The second-order valence-electron chi connectivity index (χ2n) is 7.17. The third-order valence-electron chi connectivity index (χ3n) is 5.05. The number of carbonyl (C=O) groups is 1. The summed E-state index contributed by atoms with van der Waals surface area (Å²) in [5.74, 6) is 1.70. The van der Waals surface area contributed by atoms with Gasteiger partial charge in [-0.1, -0.05) is 30.7 Å². The Morgan fingerprint density at radius 3 is 2.41 bits per heavy atom. The largest absolute Gasteiger partial charge is 0.493 e. The van der Waals surface area contributed by atoms with E-state index >= 15 is 0 Å². The zero-order chi connectivity index (χ0) is 23.1. The maximum Gasteiger partial charge on any atom is 0.228 e. The SMILES string of the molecule is CCC(=O)N(CCOC)Cc1c(C)nn(-c2ccc(Cl)cc2)c1Oc1ccccc1OC. The first-order valence-electron chi connectivity index (χ1n) is 10.4. The van der Waals surface area contributed by atoms with Gasteiger partial charge in [-0.05, 0) is 43.3 Å². The third kappa shape index (κ3) is 5.41. The van der Waals surface area contributed by atoms with Gasteiger partial charge in [-0.25, -0.2) is 4.68 Å². The van der Waals surface area contributed by atoms with Crippen LogP contribution in [-0.4, -0.2) is 48.0 Å². The van der Waals surface area contributed by atoms with Gasteiger partial charge in [0.05, 0.1) is 37.2 Å². The Kier molecular flexibility index (Phi) is 8.14. The van der Waals surface area contributed by atoms with Crippen LogP contribution in [0.5, 0.6) is 17.4 Å². The number of carbonyl (C=O) groups excluding carboxylic acids is 1. The molecule has 0 spiro atoms. The average Bonchev–Trinajstić information content (AvgIpc) is 3.11. The standard InChI is InChI=1S/C24H28ClN3O4/c1-5-23(29)27(14-15-30-3)16-20-17(2)26-28(19-12-10-18(25)11-13-19)24(20)32-22-9-7-6-8-21(22)31-4/h6-13H,5,14-16H2,1-4H3. The van der Waals surface area contributed by atoms with E-state index in [1.807, 2.05) is 50.2 Å². The monoisotopic (exact) mass is 457 g/mol. The number of hydrogen-bond acceptors (Lipinski definition) is 5.